The fraction of sp³-hybridized carbons (Fsp3) is 0.211. The van der Waals surface area contributed by atoms with E-state index in [-0.39, 0.29) is 33.6 Å². The largest absolute Gasteiger partial charge is 0.490 e. The standard InChI is InChI=1S/C19H16ClN5O5S/c1-29-7-8-30-16-10-17(31(27)28)14(9-13(16)20)22-23-18-15(11-21)24-25(19(18)26)12-5-3-2-4-6-12/h2-6,9-10,14,24H,7-8H2,1H3. The first-order valence-corrected chi connectivity index (χ1v) is 10.3. The second kappa shape index (κ2) is 10.0. The minimum Gasteiger partial charge on any atom is -0.490 e. The smallest absolute Gasteiger partial charge is 0.300 e. The van der Waals surface area contributed by atoms with Gasteiger partial charge in [0.1, 0.15) is 29.3 Å². The number of rotatable bonds is 7. The molecule has 1 aliphatic carbocycles. The molecule has 0 amide bonds. The molecule has 3 rings (SSSR count). The van der Waals surface area contributed by atoms with Crippen LogP contribution in [0.25, 0.3) is 5.69 Å². The van der Waals surface area contributed by atoms with Gasteiger partial charge in [0.25, 0.3) is 5.56 Å². The monoisotopic (exact) mass is 461 g/mol. The van der Waals surface area contributed by atoms with E-state index in [0.29, 0.717) is 12.3 Å². The Hall–Kier alpha value is -3.46. The number of azo groups is 1. The molecule has 0 saturated heterocycles. The van der Waals surface area contributed by atoms with Gasteiger partial charge in [0, 0.05) is 13.2 Å². The van der Waals surface area contributed by atoms with Gasteiger partial charge in [0.2, 0.25) is 10.3 Å². The molecule has 1 aliphatic rings. The first kappa shape index (κ1) is 22.2. The average molecular weight is 462 g/mol. The molecule has 160 valence electrons. The number of nitriles is 1. The van der Waals surface area contributed by atoms with Crippen molar-refractivity contribution in [3.05, 3.63) is 69.3 Å². The summed E-state index contributed by atoms with van der Waals surface area (Å²) < 4.78 is 34.8. The molecule has 1 unspecified atom stereocenters. The summed E-state index contributed by atoms with van der Waals surface area (Å²) in [5.41, 5.74) is -0.480. The first-order valence-electron chi connectivity index (χ1n) is 8.85. The van der Waals surface area contributed by atoms with Gasteiger partial charge in [-0.25, -0.2) is 4.68 Å². The van der Waals surface area contributed by atoms with Crippen LogP contribution in [0.5, 0.6) is 0 Å². The van der Waals surface area contributed by atoms with Crippen molar-refractivity contribution in [3.63, 3.8) is 0 Å². The predicted molar refractivity (Wildman–Crippen MR) is 113 cm³/mol. The topological polar surface area (TPSA) is 139 Å². The molecule has 0 fully saturated rings. The SMILES string of the molecule is COCCOC1=CC(=S(=O)=O)C(N=Nc2c(C#N)[nH]n(-c3ccccc3)c2=O)C=C1Cl. The third-order valence-electron chi connectivity index (χ3n) is 4.12. The zero-order valence-corrected chi connectivity index (χ0v) is 17.7. The maximum Gasteiger partial charge on any atom is 0.300 e. The zero-order valence-electron chi connectivity index (χ0n) is 16.1. The Kier molecular flexibility index (Phi) is 7.19. The lowest BCUT2D eigenvalue weighted by Gasteiger charge is -2.16. The molecular weight excluding hydrogens is 446 g/mol. The Balaban J connectivity index is 1.95. The van der Waals surface area contributed by atoms with Crippen molar-refractivity contribution in [2.75, 3.05) is 20.3 Å². The Morgan fingerprint density at radius 3 is 2.68 bits per heavy atom. The lowest BCUT2D eigenvalue weighted by Crippen LogP contribution is -2.21. The van der Waals surface area contributed by atoms with Crippen LogP contribution in [0.3, 0.4) is 0 Å². The number of hydrogen-bond donors (Lipinski definition) is 1. The van der Waals surface area contributed by atoms with Crippen LogP contribution >= 0.6 is 11.6 Å². The van der Waals surface area contributed by atoms with Crippen molar-refractivity contribution in [3.8, 4) is 11.8 Å². The van der Waals surface area contributed by atoms with Gasteiger partial charge in [-0.3, -0.25) is 9.89 Å². The normalized spacial score (nSPS) is 16.0. The van der Waals surface area contributed by atoms with E-state index in [0.717, 1.165) is 4.68 Å². The highest BCUT2D eigenvalue weighted by molar-refractivity contribution is 7.73. The molecule has 1 atom stereocenters. The van der Waals surface area contributed by atoms with Crippen molar-refractivity contribution in [1.82, 2.24) is 9.78 Å². The molecule has 10 nitrogen and oxygen atoms in total. The van der Waals surface area contributed by atoms with Crippen molar-refractivity contribution >= 4 is 32.4 Å². The molecule has 0 bridgehead atoms. The number of aromatic nitrogens is 2. The molecule has 12 heteroatoms. The third-order valence-corrected chi connectivity index (χ3v) is 5.17. The van der Waals surface area contributed by atoms with Gasteiger partial charge in [-0.2, -0.15) is 18.8 Å². The molecule has 1 heterocycles. The summed E-state index contributed by atoms with van der Waals surface area (Å²) in [7, 11) is -1.15. The molecule has 0 saturated carbocycles. The predicted octanol–water partition coefficient (Wildman–Crippen LogP) is 2.22. The Morgan fingerprint density at radius 2 is 2.03 bits per heavy atom. The molecule has 2 aromatic rings. The number of nitrogens with zero attached hydrogens (tertiary/aromatic N) is 4. The maximum absolute atomic E-state index is 12.7. The summed E-state index contributed by atoms with van der Waals surface area (Å²) in [6.07, 6.45) is 2.56. The summed E-state index contributed by atoms with van der Waals surface area (Å²) in [6.45, 7) is 0.462. The highest BCUT2D eigenvalue weighted by Crippen LogP contribution is 2.25. The zero-order chi connectivity index (χ0) is 22.4. The second-order valence-electron chi connectivity index (χ2n) is 6.09. The number of nitrogens with one attached hydrogen (secondary N) is 1. The Morgan fingerprint density at radius 1 is 1.29 bits per heavy atom. The molecule has 1 aromatic carbocycles. The summed E-state index contributed by atoms with van der Waals surface area (Å²) in [5, 5.41) is 19.9. The van der Waals surface area contributed by atoms with Gasteiger partial charge in [-0.15, -0.1) is 5.11 Å². The van der Waals surface area contributed by atoms with E-state index in [4.69, 9.17) is 21.1 Å². The average Bonchev–Trinajstić information content (AvgIpc) is 3.09. The van der Waals surface area contributed by atoms with Gasteiger partial charge in [0.05, 0.1) is 17.3 Å². The number of para-hydroxylation sites is 1. The van der Waals surface area contributed by atoms with Gasteiger partial charge in [-0.05, 0) is 18.2 Å². The van der Waals surface area contributed by atoms with Crippen LogP contribution in [0.2, 0.25) is 0 Å². The van der Waals surface area contributed by atoms with E-state index in [1.807, 2.05) is 6.07 Å². The van der Waals surface area contributed by atoms with Crippen LogP contribution in [-0.4, -0.2) is 49.4 Å². The summed E-state index contributed by atoms with van der Waals surface area (Å²) >= 11 is 6.17. The molecule has 0 aliphatic heterocycles. The number of hydrogen-bond acceptors (Lipinski definition) is 8. The van der Waals surface area contributed by atoms with Crippen LogP contribution in [0.4, 0.5) is 5.69 Å². The van der Waals surface area contributed by atoms with Gasteiger partial charge >= 0.3 is 0 Å². The van der Waals surface area contributed by atoms with E-state index in [2.05, 4.69) is 15.3 Å². The quantitative estimate of drug-likeness (QED) is 0.381. The first-order chi connectivity index (χ1) is 15.0. The minimum atomic E-state index is -2.65. The molecule has 31 heavy (non-hydrogen) atoms. The number of halogens is 1. The number of benzene rings is 1. The number of methoxy groups -OCH3 is 1. The third kappa shape index (κ3) is 5.00. The highest BCUT2D eigenvalue weighted by atomic mass is 35.5. The summed E-state index contributed by atoms with van der Waals surface area (Å²) in [4.78, 5) is 12.6. The Labute approximate surface area is 183 Å². The minimum absolute atomic E-state index is 0.118. The molecule has 0 spiro atoms. The van der Waals surface area contributed by atoms with Gasteiger partial charge in [-0.1, -0.05) is 29.8 Å². The number of allylic oxidation sites excluding steroid dienone is 1. The number of H-pyrrole nitrogens is 1. The highest BCUT2D eigenvalue weighted by Gasteiger charge is 2.23. The number of aromatic amines is 1. The maximum atomic E-state index is 12.7. The fourth-order valence-electron chi connectivity index (χ4n) is 2.65. The van der Waals surface area contributed by atoms with E-state index in [1.54, 1.807) is 30.3 Å². The molecule has 1 aromatic heterocycles. The van der Waals surface area contributed by atoms with Crippen molar-refractivity contribution in [2.24, 2.45) is 10.2 Å². The Bertz CT molecular complexity index is 1290. The number of ether oxygens (including phenoxy) is 2. The van der Waals surface area contributed by atoms with Crippen molar-refractivity contribution in [2.45, 2.75) is 6.04 Å². The van der Waals surface area contributed by atoms with Crippen LogP contribution in [0.1, 0.15) is 5.69 Å². The van der Waals surface area contributed by atoms with Crippen molar-refractivity contribution in [1.29, 1.82) is 5.26 Å². The van der Waals surface area contributed by atoms with Crippen LogP contribution in [-0.2, 0) is 19.8 Å². The van der Waals surface area contributed by atoms with E-state index < -0.39 is 21.9 Å². The van der Waals surface area contributed by atoms with E-state index in [9.17, 15) is 18.5 Å². The van der Waals surface area contributed by atoms with E-state index in [1.165, 1.54) is 19.3 Å². The summed E-state index contributed by atoms with van der Waals surface area (Å²) in [6, 6.07) is 9.34. The molecule has 0 radical (unpaired) electrons. The second-order valence-corrected chi connectivity index (χ2v) is 7.43. The van der Waals surface area contributed by atoms with Gasteiger partial charge < -0.3 is 9.47 Å². The van der Waals surface area contributed by atoms with Crippen LogP contribution < -0.4 is 5.56 Å². The van der Waals surface area contributed by atoms with Gasteiger partial charge in [0.15, 0.2) is 11.4 Å². The van der Waals surface area contributed by atoms with Crippen LogP contribution in [0.15, 0.2) is 68.3 Å². The lowest BCUT2D eigenvalue weighted by molar-refractivity contribution is 0.114. The van der Waals surface area contributed by atoms with Crippen LogP contribution in [0, 0.1) is 11.3 Å². The lowest BCUT2D eigenvalue weighted by atomic mass is 10.1. The van der Waals surface area contributed by atoms with E-state index >= 15 is 0 Å². The van der Waals surface area contributed by atoms with Crippen molar-refractivity contribution < 1.29 is 17.9 Å². The molecule has 1 N–H and O–H groups in total. The molecular formula is C19H16ClN5O5S. The fourth-order valence-corrected chi connectivity index (χ4v) is 3.39. The summed E-state index contributed by atoms with van der Waals surface area (Å²) in [5.74, 6) is 0.148.